The van der Waals surface area contributed by atoms with Crippen LogP contribution in [0.25, 0.3) is 11.1 Å². The summed E-state index contributed by atoms with van der Waals surface area (Å²) in [5.74, 6) is 0.770. The fourth-order valence-corrected chi connectivity index (χ4v) is 3.53. The molecule has 0 saturated carbocycles. The molecule has 1 fully saturated rings. The van der Waals surface area contributed by atoms with E-state index in [2.05, 4.69) is 17.5 Å². The van der Waals surface area contributed by atoms with Gasteiger partial charge in [-0.25, -0.2) is 0 Å². The Morgan fingerprint density at radius 2 is 1.67 bits per heavy atom. The van der Waals surface area contributed by atoms with E-state index in [-0.39, 0.29) is 18.0 Å². The Hall–Kier alpha value is -1.34. The van der Waals surface area contributed by atoms with Crippen LogP contribution in [0.15, 0.2) is 35.7 Å². The van der Waals surface area contributed by atoms with Crippen LogP contribution in [0.4, 0.5) is 0 Å². The Labute approximate surface area is 147 Å². The topological polar surface area (TPSA) is 36.9 Å². The first-order valence-corrected chi connectivity index (χ1v) is 8.88. The summed E-state index contributed by atoms with van der Waals surface area (Å²) in [4.78, 5) is 0. The number of benzene rings is 1. The second kappa shape index (κ2) is 6.52. The van der Waals surface area contributed by atoms with Crippen LogP contribution in [0, 0.1) is 0 Å². The van der Waals surface area contributed by atoms with Gasteiger partial charge in [-0.3, -0.25) is 0 Å². The number of hydrogen-bond acceptors (Lipinski definition) is 5. The quantitative estimate of drug-likeness (QED) is 0.611. The highest BCUT2D eigenvalue weighted by Gasteiger charge is 2.53. The number of thiophene rings is 1. The molecule has 0 unspecified atom stereocenters. The SMILES string of the molecule is COCOc1c(-c2ccccc2)csc1B1OC(C)(C)C(C)(C)O1. The van der Waals surface area contributed by atoms with Crippen molar-refractivity contribution in [3.05, 3.63) is 35.7 Å². The van der Waals surface area contributed by atoms with Crippen molar-refractivity contribution in [2.75, 3.05) is 13.9 Å². The maximum Gasteiger partial charge on any atom is 0.509 e. The van der Waals surface area contributed by atoms with Gasteiger partial charge >= 0.3 is 7.12 Å². The van der Waals surface area contributed by atoms with Crippen molar-refractivity contribution in [1.82, 2.24) is 0 Å². The fraction of sp³-hybridized carbons (Fsp3) is 0.444. The molecule has 2 aromatic rings. The van der Waals surface area contributed by atoms with E-state index in [1.54, 1.807) is 18.4 Å². The molecular weight excluding hydrogens is 323 g/mol. The van der Waals surface area contributed by atoms with Crippen LogP contribution in [0.5, 0.6) is 5.75 Å². The third-order valence-electron chi connectivity index (χ3n) is 4.65. The van der Waals surface area contributed by atoms with Gasteiger partial charge in [0.05, 0.1) is 16.0 Å². The molecular formula is C18H23BO4S. The molecule has 3 rings (SSSR count). The summed E-state index contributed by atoms with van der Waals surface area (Å²) in [6, 6.07) is 10.2. The molecule has 1 saturated heterocycles. The molecule has 6 heteroatoms. The van der Waals surface area contributed by atoms with Gasteiger partial charge in [0.2, 0.25) is 0 Å². The molecule has 4 nitrogen and oxygen atoms in total. The summed E-state index contributed by atoms with van der Waals surface area (Å²) in [7, 11) is 1.17. The lowest BCUT2D eigenvalue weighted by Gasteiger charge is -2.32. The van der Waals surface area contributed by atoms with E-state index in [0.717, 1.165) is 21.7 Å². The van der Waals surface area contributed by atoms with Gasteiger partial charge in [-0.15, -0.1) is 11.3 Å². The average molecular weight is 346 g/mol. The summed E-state index contributed by atoms with van der Waals surface area (Å²) in [5.41, 5.74) is 1.37. The summed E-state index contributed by atoms with van der Waals surface area (Å²) in [5, 5.41) is 2.08. The molecule has 0 amide bonds. The fourth-order valence-electron chi connectivity index (χ4n) is 2.56. The van der Waals surface area contributed by atoms with Crippen LogP contribution in [-0.2, 0) is 14.0 Å². The minimum absolute atomic E-state index is 0.184. The van der Waals surface area contributed by atoms with Crippen LogP contribution in [0.2, 0.25) is 0 Å². The van der Waals surface area contributed by atoms with Crippen LogP contribution < -0.4 is 9.51 Å². The summed E-state index contributed by atoms with van der Waals surface area (Å²) in [6.45, 7) is 8.38. The molecule has 128 valence electrons. The monoisotopic (exact) mass is 346 g/mol. The first-order valence-electron chi connectivity index (χ1n) is 8.00. The zero-order valence-electron chi connectivity index (χ0n) is 14.8. The Balaban J connectivity index is 1.99. The van der Waals surface area contributed by atoms with Crippen molar-refractivity contribution in [1.29, 1.82) is 0 Å². The Kier molecular flexibility index (Phi) is 4.75. The van der Waals surface area contributed by atoms with E-state index in [0.29, 0.717) is 0 Å². The maximum absolute atomic E-state index is 6.19. The van der Waals surface area contributed by atoms with E-state index < -0.39 is 7.12 Å². The van der Waals surface area contributed by atoms with Crippen molar-refractivity contribution in [2.45, 2.75) is 38.9 Å². The van der Waals surface area contributed by atoms with Crippen LogP contribution in [-0.4, -0.2) is 32.2 Å². The van der Waals surface area contributed by atoms with E-state index in [9.17, 15) is 0 Å². The number of methoxy groups -OCH3 is 1. The summed E-state index contributed by atoms with van der Waals surface area (Å²) < 4.78 is 24.3. The second-order valence-electron chi connectivity index (χ2n) is 6.85. The molecule has 0 spiro atoms. The molecule has 0 N–H and O–H groups in total. The van der Waals surface area contributed by atoms with Crippen molar-refractivity contribution < 1.29 is 18.8 Å². The molecule has 2 heterocycles. The van der Waals surface area contributed by atoms with Gasteiger partial charge in [-0.1, -0.05) is 30.3 Å². The van der Waals surface area contributed by atoms with Gasteiger partial charge in [0.25, 0.3) is 0 Å². The third-order valence-corrected chi connectivity index (χ3v) is 5.63. The van der Waals surface area contributed by atoms with E-state index in [1.165, 1.54) is 0 Å². The van der Waals surface area contributed by atoms with Crippen molar-refractivity contribution in [3.8, 4) is 16.9 Å². The van der Waals surface area contributed by atoms with Gasteiger partial charge in [-0.05, 0) is 33.3 Å². The van der Waals surface area contributed by atoms with Crippen LogP contribution in [0.1, 0.15) is 27.7 Å². The number of ether oxygens (including phenoxy) is 2. The molecule has 0 bridgehead atoms. The lowest BCUT2D eigenvalue weighted by molar-refractivity contribution is 0.00578. The molecule has 1 aromatic heterocycles. The van der Waals surface area contributed by atoms with E-state index >= 15 is 0 Å². The molecule has 1 aliphatic heterocycles. The highest BCUT2D eigenvalue weighted by Crippen LogP contribution is 2.40. The average Bonchev–Trinajstić information content (AvgIpc) is 3.04. The lowest BCUT2D eigenvalue weighted by Crippen LogP contribution is -2.41. The van der Waals surface area contributed by atoms with Crippen molar-refractivity contribution >= 4 is 23.2 Å². The van der Waals surface area contributed by atoms with Crippen LogP contribution in [0.3, 0.4) is 0 Å². The van der Waals surface area contributed by atoms with Crippen LogP contribution >= 0.6 is 11.3 Å². The smallest absolute Gasteiger partial charge is 0.466 e. The first kappa shape index (κ1) is 17.5. The summed E-state index contributed by atoms with van der Waals surface area (Å²) >= 11 is 1.59. The highest BCUT2D eigenvalue weighted by atomic mass is 32.1. The minimum atomic E-state index is -0.440. The van der Waals surface area contributed by atoms with Gasteiger partial charge in [0.15, 0.2) is 6.79 Å². The predicted molar refractivity (Wildman–Crippen MR) is 98.0 cm³/mol. The normalized spacial score (nSPS) is 18.8. The Bertz CT molecular complexity index is 680. The summed E-state index contributed by atoms with van der Waals surface area (Å²) in [6.07, 6.45) is 0. The van der Waals surface area contributed by atoms with Gasteiger partial charge < -0.3 is 18.8 Å². The lowest BCUT2D eigenvalue weighted by atomic mass is 9.86. The predicted octanol–water partition coefficient (Wildman–Crippen LogP) is 3.70. The van der Waals surface area contributed by atoms with E-state index in [4.69, 9.17) is 18.8 Å². The molecule has 24 heavy (non-hydrogen) atoms. The molecule has 1 aromatic carbocycles. The minimum Gasteiger partial charge on any atom is -0.466 e. The number of hydrogen-bond donors (Lipinski definition) is 0. The van der Waals surface area contributed by atoms with Crippen molar-refractivity contribution in [3.63, 3.8) is 0 Å². The van der Waals surface area contributed by atoms with Crippen molar-refractivity contribution in [2.24, 2.45) is 0 Å². The highest BCUT2D eigenvalue weighted by molar-refractivity contribution is 7.21. The van der Waals surface area contributed by atoms with Gasteiger partial charge in [-0.2, -0.15) is 0 Å². The second-order valence-corrected chi connectivity index (χ2v) is 7.76. The molecule has 1 aliphatic rings. The number of rotatable bonds is 5. The standard InChI is InChI=1S/C18H23BO4S/c1-17(2)18(3,4)23-19(22-17)16-15(21-12-20-5)14(11-24-16)13-9-7-6-8-10-13/h6-11H,12H2,1-5H3. The van der Waals surface area contributed by atoms with E-state index in [1.807, 2.05) is 45.9 Å². The zero-order valence-corrected chi connectivity index (χ0v) is 15.6. The first-order chi connectivity index (χ1) is 11.4. The largest absolute Gasteiger partial charge is 0.509 e. The Morgan fingerprint density at radius 1 is 1.04 bits per heavy atom. The molecule has 0 aliphatic carbocycles. The van der Waals surface area contributed by atoms with Gasteiger partial charge in [0, 0.05) is 18.1 Å². The maximum atomic E-state index is 6.19. The molecule has 0 radical (unpaired) electrons. The third kappa shape index (κ3) is 3.11. The zero-order chi connectivity index (χ0) is 17.4. The Morgan fingerprint density at radius 3 is 2.25 bits per heavy atom. The van der Waals surface area contributed by atoms with Gasteiger partial charge in [0.1, 0.15) is 5.75 Å². The molecule has 0 atom stereocenters.